The van der Waals surface area contributed by atoms with Gasteiger partial charge in [-0.1, -0.05) is 18.2 Å². The molecule has 3 aromatic rings. The van der Waals surface area contributed by atoms with Crippen LogP contribution in [0, 0.1) is 5.92 Å². The summed E-state index contributed by atoms with van der Waals surface area (Å²) in [5, 5.41) is 16.4. The molecule has 1 aliphatic heterocycles. The molecule has 0 amide bonds. The van der Waals surface area contributed by atoms with E-state index in [1.54, 1.807) is 6.20 Å². The highest BCUT2D eigenvalue weighted by Gasteiger charge is 2.24. The average molecular weight is 309 g/mol. The zero-order chi connectivity index (χ0) is 15.6. The Morgan fingerprint density at radius 1 is 1.22 bits per heavy atom. The van der Waals surface area contributed by atoms with Crippen molar-refractivity contribution in [1.82, 2.24) is 10.2 Å². The van der Waals surface area contributed by atoms with Crippen LogP contribution in [0.5, 0.6) is 0 Å². The molecule has 23 heavy (non-hydrogen) atoms. The highest BCUT2D eigenvalue weighted by Crippen LogP contribution is 2.31. The molecule has 3 heterocycles. The van der Waals surface area contributed by atoms with E-state index in [9.17, 15) is 5.11 Å². The first-order chi connectivity index (χ1) is 11.3. The lowest BCUT2D eigenvalue weighted by atomic mass is 9.93. The van der Waals surface area contributed by atoms with Gasteiger partial charge in [0.2, 0.25) is 0 Å². The van der Waals surface area contributed by atoms with E-state index in [-0.39, 0.29) is 12.5 Å². The Kier molecular flexibility index (Phi) is 3.63. The van der Waals surface area contributed by atoms with Crippen molar-refractivity contribution in [2.24, 2.45) is 5.92 Å². The van der Waals surface area contributed by atoms with Crippen molar-refractivity contribution < 1.29 is 9.52 Å². The maximum Gasteiger partial charge on any atom is 0.152 e. The number of nitrogens with zero attached hydrogens (tertiary/aromatic N) is 2. The van der Waals surface area contributed by atoms with Crippen molar-refractivity contribution in [1.29, 1.82) is 0 Å². The van der Waals surface area contributed by atoms with Crippen LogP contribution in [0.25, 0.3) is 11.5 Å². The second-order valence-electron chi connectivity index (χ2n) is 6.00. The summed E-state index contributed by atoms with van der Waals surface area (Å²) in [7, 11) is 0. The molecule has 1 atom stereocenters. The van der Waals surface area contributed by atoms with Crippen molar-refractivity contribution in [3.8, 4) is 11.5 Å². The van der Waals surface area contributed by atoms with Gasteiger partial charge in [0.25, 0.3) is 0 Å². The number of rotatable bonds is 4. The lowest BCUT2D eigenvalue weighted by Crippen LogP contribution is -2.36. The van der Waals surface area contributed by atoms with Crippen LogP contribution in [-0.4, -0.2) is 28.5 Å². The molecule has 5 heteroatoms. The Morgan fingerprint density at radius 2 is 2.13 bits per heavy atom. The van der Waals surface area contributed by atoms with Gasteiger partial charge in [-0.05, 0) is 36.2 Å². The van der Waals surface area contributed by atoms with Crippen LogP contribution in [-0.2, 0) is 13.0 Å². The number of nitrogens with one attached hydrogen (secondary N) is 1. The van der Waals surface area contributed by atoms with E-state index >= 15 is 0 Å². The van der Waals surface area contributed by atoms with Crippen LogP contribution in [0.3, 0.4) is 0 Å². The number of anilines is 1. The van der Waals surface area contributed by atoms with Crippen molar-refractivity contribution in [2.75, 3.05) is 18.1 Å². The monoisotopic (exact) mass is 309 g/mol. The SMILES string of the molecule is OCC1Cc2ccccc2N(Cc2ccc(-c3ccn[nH]3)o2)C1. The Labute approximate surface area is 134 Å². The Hall–Kier alpha value is -2.53. The minimum absolute atomic E-state index is 0.211. The minimum atomic E-state index is 0.211. The summed E-state index contributed by atoms with van der Waals surface area (Å²) in [5.41, 5.74) is 3.40. The Morgan fingerprint density at radius 3 is 2.96 bits per heavy atom. The molecule has 0 spiro atoms. The number of hydrogen-bond acceptors (Lipinski definition) is 4. The number of aromatic nitrogens is 2. The number of aromatic amines is 1. The fraction of sp³-hybridized carbons (Fsp3) is 0.278. The van der Waals surface area contributed by atoms with Crippen LogP contribution >= 0.6 is 0 Å². The molecule has 2 aromatic heterocycles. The van der Waals surface area contributed by atoms with Gasteiger partial charge in [-0.3, -0.25) is 5.10 Å². The largest absolute Gasteiger partial charge is 0.458 e. The van der Waals surface area contributed by atoms with Gasteiger partial charge in [-0.15, -0.1) is 0 Å². The van der Waals surface area contributed by atoms with E-state index in [0.29, 0.717) is 6.54 Å². The first kappa shape index (κ1) is 14.1. The molecule has 4 rings (SSSR count). The fourth-order valence-corrected chi connectivity index (χ4v) is 3.24. The van der Waals surface area contributed by atoms with Crippen LogP contribution in [0.4, 0.5) is 5.69 Å². The topological polar surface area (TPSA) is 65.3 Å². The van der Waals surface area contributed by atoms with Gasteiger partial charge in [-0.25, -0.2) is 0 Å². The first-order valence-electron chi connectivity index (χ1n) is 7.85. The summed E-state index contributed by atoms with van der Waals surface area (Å²) in [6, 6.07) is 14.2. The highest BCUT2D eigenvalue weighted by atomic mass is 16.3. The van der Waals surface area contributed by atoms with Crippen molar-refractivity contribution in [3.63, 3.8) is 0 Å². The predicted octanol–water partition coefficient (Wildman–Crippen LogP) is 2.84. The lowest BCUT2D eigenvalue weighted by molar-refractivity contribution is 0.223. The first-order valence-corrected chi connectivity index (χ1v) is 7.85. The second kappa shape index (κ2) is 5.93. The van der Waals surface area contributed by atoms with Crippen LogP contribution in [0.2, 0.25) is 0 Å². The number of benzene rings is 1. The predicted molar refractivity (Wildman–Crippen MR) is 88.1 cm³/mol. The van der Waals surface area contributed by atoms with E-state index < -0.39 is 0 Å². The molecule has 0 saturated carbocycles. The van der Waals surface area contributed by atoms with Crippen LogP contribution < -0.4 is 4.90 Å². The molecule has 0 aliphatic carbocycles. The summed E-state index contributed by atoms with van der Waals surface area (Å²) in [4.78, 5) is 2.29. The number of furan rings is 1. The normalized spacial score (nSPS) is 17.3. The maximum absolute atomic E-state index is 9.57. The number of hydrogen-bond donors (Lipinski definition) is 2. The lowest BCUT2D eigenvalue weighted by Gasteiger charge is -2.35. The van der Waals surface area contributed by atoms with Crippen LogP contribution in [0.15, 0.2) is 53.1 Å². The van der Waals surface area contributed by atoms with Crippen LogP contribution in [0.1, 0.15) is 11.3 Å². The zero-order valence-electron chi connectivity index (χ0n) is 12.8. The third kappa shape index (κ3) is 2.75. The molecule has 0 saturated heterocycles. The van der Waals surface area contributed by atoms with E-state index in [1.807, 2.05) is 18.2 Å². The summed E-state index contributed by atoms with van der Waals surface area (Å²) >= 11 is 0. The number of aliphatic hydroxyl groups excluding tert-OH is 1. The molecule has 0 radical (unpaired) electrons. The number of H-pyrrole nitrogens is 1. The zero-order valence-corrected chi connectivity index (χ0v) is 12.8. The van der Waals surface area contributed by atoms with E-state index in [2.05, 4.69) is 39.4 Å². The third-order valence-corrected chi connectivity index (χ3v) is 4.35. The molecule has 5 nitrogen and oxygen atoms in total. The summed E-state index contributed by atoms with van der Waals surface area (Å²) in [5.74, 6) is 1.97. The van der Waals surface area contributed by atoms with E-state index in [1.165, 1.54) is 11.3 Å². The molecule has 118 valence electrons. The van der Waals surface area contributed by atoms with Gasteiger partial charge < -0.3 is 14.4 Å². The quantitative estimate of drug-likeness (QED) is 0.778. The third-order valence-electron chi connectivity index (χ3n) is 4.35. The molecular weight excluding hydrogens is 290 g/mol. The van der Waals surface area contributed by atoms with E-state index in [4.69, 9.17) is 4.42 Å². The smallest absolute Gasteiger partial charge is 0.152 e. The fourth-order valence-electron chi connectivity index (χ4n) is 3.24. The minimum Gasteiger partial charge on any atom is -0.458 e. The molecule has 0 fully saturated rings. The van der Waals surface area contributed by atoms with Gasteiger partial charge >= 0.3 is 0 Å². The van der Waals surface area contributed by atoms with Crippen molar-refractivity contribution in [2.45, 2.75) is 13.0 Å². The average Bonchev–Trinajstić information content (AvgIpc) is 3.26. The molecule has 0 bridgehead atoms. The second-order valence-corrected chi connectivity index (χ2v) is 6.00. The number of fused-ring (bicyclic) bond motifs is 1. The molecule has 1 aromatic carbocycles. The van der Waals surface area contributed by atoms with Gasteiger partial charge in [-0.2, -0.15) is 5.10 Å². The van der Waals surface area contributed by atoms with Gasteiger partial charge in [0.05, 0.1) is 6.54 Å². The standard InChI is InChI=1S/C18H19N3O2/c22-12-13-9-14-3-1-2-4-17(14)21(10-13)11-15-5-6-18(23-15)16-7-8-19-20-16/h1-8,13,22H,9-12H2,(H,19,20). The highest BCUT2D eigenvalue weighted by molar-refractivity contribution is 5.56. The molecular formula is C18H19N3O2. The summed E-state index contributed by atoms with van der Waals surface area (Å²) in [6.07, 6.45) is 2.64. The Balaban J connectivity index is 1.58. The van der Waals surface area contributed by atoms with Crippen molar-refractivity contribution >= 4 is 5.69 Å². The molecule has 1 unspecified atom stereocenters. The summed E-state index contributed by atoms with van der Waals surface area (Å²) in [6.45, 7) is 1.75. The number of aliphatic hydroxyl groups is 1. The maximum atomic E-state index is 9.57. The molecule has 1 aliphatic rings. The van der Waals surface area contributed by atoms with Crippen molar-refractivity contribution in [3.05, 3.63) is 60.0 Å². The van der Waals surface area contributed by atoms with Gasteiger partial charge in [0.15, 0.2) is 5.76 Å². The number of para-hydroxylation sites is 1. The van der Waals surface area contributed by atoms with E-state index in [0.717, 1.165) is 30.2 Å². The van der Waals surface area contributed by atoms with Gasteiger partial charge in [0, 0.05) is 31.0 Å². The Bertz CT molecular complexity index is 779. The summed E-state index contributed by atoms with van der Waals surface area (Å²) < 4.78 is 5.94. The van der Waals surface area contributed by atoms with Gasteiger partial charge in [0.1, 0.15) is 11.5 Å². The molecule has 2 N–H and O–H groups in total.